The maximum absolute atomic E-state index is 12.5. The van der Waals surface area contributed by atoms with Gasteiger partial charge in [0.2, 0.25) is 0 Å². The predicted molar refractivity (Wildman–Crippen MR) is 56.2 cm³/mol. The fraction of sp³-hybridized carbons (Fsp3) is 0.455. The van der Waals surface area contributed by atoms with E-state index in [4.69, 9.17) is 15.2 Å². The second-order valence-corrected chi connectivity index (χ2v) is 3.49. The van der Waals surface area contributed by atoms with E-state index < -0.39 is 24.1 Å². The minimum Gasteiger partial charge on any atom is -0.354 e. The van der Waals surface area contributed by atoms with Crippen molar-refractivity contribution < 1.29 is 22.6 Å². The molecule has 17 heavy (non-hydrogen) atoms. The average molecular weight is 249 g/mol. The highest BCUT2D eigenvalue weighted by molar-refractivity contribution is 5.28. The summed E-state index contributed by atoms with van der Waals surface area (Å²) in [4.78, 5) is 0. The number of benzene rings is 1. The minimum absolute atomic E-state index is 0.313. The van der Waals surface area contributed by atoms with E-state index in [1.807, 2.05) is 0 Å². The lowest BCUT2D eigenvalue weighted by molar-refractivity contribution is -0.138. The molecule has 0 amide bonds. The third-order valence-corrected chi connectivity index (χ3v) is 2.36. The average Bonchev–Trinajstić information content (AvgIpc) is 2.29. The van der Waals surface area contributed by atoms with Gasteiger partial charge in [0.25, 0.3) is 0 Å². The first-order valence-corrected chi connectivity index (χ1v) is 4.88. The molecule has 0 fully saturated rings. The highest BCUT2D eigenvalue weighted by atomic mass is 19.4. The highest BCUT2D eigenvalue weighted by Gasteiger charge is 2.31. The molecular formula is C11H14F3NO2. The van der Waals surface area contributed by atoms with Gasteiger partial charge in [0.15, 0.2) is 6.29 Å². The van der Waals surface area contributed by atoms with Crippen LogP contribution in [0.15, 0.2) is 24.3 Å². The normalized spacial score (nSPS) is 14.1. The first kappa shape index (κ1) is 14.0. The zero-order valence-corrected chi connectivity index (χ0v) is 9.49. The number of nitrogens with two attached hydrogens (primary N) is 1. The molecule has 0 aliphatic carbocycles. The molecule has 6 heteroatoms. The number of ether oxygens (including phenoxy) is 2. The van der Waals surface area contributed by atoms with Crippen LogP contribution in [0.2, 0.25) is 0 Å². The van der Waals surface area contributed by atoms with E-state index in [1.54, 1.807) is 0 Å². The molecule has 1 unspecified atom stereocenters. The monoisotopic (exact) mass is 249 g/mol. The second kappa shape index (κ2) is 5.48. The van der Waals surface area contributed by atoms with Gasteiger partial charge in [0.05, 0.1) is 11.6 Å². The number of hydrogen-bond donors (Lipinski definition) is 1. The first-order valence-electron chi connectivity index (χ1n) is 4.88. The molecule has 1 rings (SSSR count). The summed E-state index contributed by atoms with van der Waals surface area (Å²) < 4.78 is 47.3. The molecule has 0 spiro atoms. The number of methoxy groups -OCH3 is 2. The molecule has 2 N–H and O–H groups in total. The van der Waals surface area contributed by atoms with Crippen LogP contribution < -0.4 is 5.73 Å². The topological polar surface area (TPSA) is 44.5 Å². The van der Waals surface area contributed by atoms with Crippen LogP contribution in [0.1, 0.15) is 17.2 Å². The lowest BCUT2D eigenvalue weighted by Crippen LogP contribution is -2.29. The molecule has 0 aliphatic rings. The van der Waals surface area contributed by atoms with Crippen molar-refractivity contribution in [2.45, 2.75) is 18.5 Å². The Morgan fingerprint density at radius 2 is 1.76 bits per heavy atom. The Balaban J connectivity index is 2.99. The fourth-order valence-electron chi connectivity index (χ4n) is 1.47. The van der Waals surface area contributed by atoms with Gasteiger partial charge in [-0.3, -0.25) is 0 Å². The zero-order chi connectivity index (χ0) is 13.1. The first-order chi connectivity index (χ1) is 7.90. The summed E-state index contributed by atoms with van der Waals surface area (Å²) in [5.74, 6) is 0. The molecule has 0 aromatic heterocycles. The summed E-state index contributed by atoms with van der Waals surface area (Å²) in [6.07, 6.45) is -5.16. The molecule has 1 aromatic rings. The molecule has 0 bridgehead atoms. The van der Waals surface area contributed by atoms with E-state index in [1.165, 1.54) is 26.4 Å². The summed E-state index contributed by atoms with van der Waals surface area (Å²) in [6.45, 7) is 0. The molecular weight excluding hydrogens is 235 g/mol. The third-order valence-electron chi connectivity index (χ3n) is 2.36. The van der Waals surface area contributed by atoms with Crippen LogP contribution in [0, 0.1) is 0 Å². The zero-order valence-electron chi connectivity index (χ0n) is 9.49. The molecule has 1 atom stereocenters. The fourth-order valence-corrected chi connectivity index (χ4v) is 1.47. The Bertz CT molecular complexity index is 364. The van der Waals surface area contributed by atoms with E-state index in [0.717, 1.165) is 12.1 Å². The number of rotatable bonds is 4. The maximum atomic E-state index is 12.5. The summed E-state index contributed by atoms with van der Waals surface area (Å²) >= 11 is 0. The summed E-state index contributed by atoms with van der Waals surface area (Å²) in [6, 6.07) is 4.03. The Morgan fingerprint density at radius 3 is 2.24 bits per heavy atom. The molecule has 0 saturated carbocycles. The van der Waals surface area contributed by atoms with Crippen molar-refractivity contribution in [2.24, 2.45) is 5.73 Å². The SMILES string of the molecule is COC(OC)C(N)c1cccc(C(F)(F)F)c1. The Morgan fingerprint density at radius 1 is 1.18 bits per heavy atom. The van der Waals surface area contributed by atoms with Crippen LogP contribution in [0.25, 0.3) is 0 Å². The van der Waals surface area contributed by atoms with Crippen molar-refractivity contribution in [3.05, 3.63) is 35.4 Å². The quantitative estimate of drug-likeness (QED) is 0.833. The smallest absolute Gasteiger partial charge is 0.354 e. The van der Waals surface area contributed by atoms with Gasteiger partial charge in [-0.05, 0) is 17.7 Å². The van der Waals surface area contributed by atoms with Crippen molar-refractivity contribution in [3.63, 3.8) is 0 Å². The van der Waals surface area contributed by atoms with Crippen molar-refractivity contribution in [1.29, 1.82) is 0 Å². The van der Waals surface area contributed by atoms with Crippen LogP contribution >= 0.6 is 0 Å². The van der Waals surface area contributed by atoms with E-state index in [0.29, 0.717) is 5.56 Å². The highest BCUT2D eigenvalue weighted by Crippen LogP contribution is 2.31. The van der Waals surface area contributed by atoms with Crippen molar-refractivity contribution in [3.8, 4) is 0 Å². The number of halogens is 3. The molecule has 96 valence electrons. The predicted octanol–water partition coefficient (Wildman–Crippen LogP) is 2.32. The van der Waals surface area contributed by atoms with Gasteiger partial charge >= 0.3 is 6.18 Å². The van der Waals surface area contributed by atoms with E-state index in [2.05, 4.69) is 0 Å². The summed E-state index contributed by atoms with van der Waals surface area (Å²) in [7, 11) is 2.75. The van der Waals surface area contributed by atoms with Crippen LogP contribution in [-0.4, -0.2) is 20.5 Å². The van der Waals surface area contributed by atoms with Crippen molar-refractivity contribution in [1.82, 2.24) is 0 Å². The van der Waals surface area contributed by atoms with Crippen molar-refractivity contribution in [2.75, 3.05) is 14.2 Å². The number of hydrogen-bond acceptors (Lipinski definition) is 3. The summed E-state index contributed by atoms with van der Waals surface area (Å²) in [5.41, 5.74) is 5.33. The lowest BCUT2D eigenvalue weighted by atomic mass is 10.0. The number of alkyl halides is 3. The summed E-state index contributed by atoms with van der Waals surface area (Å²) in [5, 5.41) is 0. The van der Waals surface area contributed by atoms with Crippen LogP contribution in [0.5, 0.6) is 0 Å². The Hall–Kier alpha value is -1.11. The maximum Gasteiger partial charge on any atom is 0.416 e. The van der Waals surface area contributed by atoms with Gasteiger partial charge in [0.1, 0.15) is 0 Å². The minimum atomic E-state index is -4.38. The second-order valence-electron chi connectivity index (χ2n) is 3.49. The Kier molecular flexibility index (Phi) is 4.50. The van der Waals surface area contributed by atoms with Crippen molar-refractivity contribution >= 4 is 0 Å². The molecule has 3 nitrogen and oxygen atoms in total. The van der Waals surface area contributed by atoms with Crippen LogP contribution in [0.3, 0.4) is 0 Å². The van der Waals surface area contributed by atoms with Crippen LogP contribution in [0.4, 0.5) is 13.2 Å². The van der Waals surface area contributed by atoms with Gasteiger partial charge in [-0.15, -0.1) is 0 Å². The lowest BCUT2D eigenvalue weighted by Gasteiger charge is -2.22. The molecule has 0 radical (unpaired) electrons. The molecule has 1 aromatic carbocycles. The van der Waals surface area contributed by atoms with Gasteiger partial charge in [-0.25, -0.2) is 0 Å². The van der Waals surface area contributed by atoms with Gasteiger partial charge in [-0.1, -0.05) is 12.1 Å². The van der Waals surface area contributed by atoms with Crippen LogP contribution in [-0.2, 0) is 15.7 Å². The Labute approximate surface area is 97.3 Å². The van der Waals surface area contributed by atoms with E-state index in [-0.39, 0.29) is 0 Å². The van der Waals surface area contributed by atoms with Gasteiger partial charge in [-0.2, -0.15) is 13.2 Å². The van der Waals surface area contributed by atoms with E-state index >= 15 is 0 Å². The van der Waals surface area contributed by atoms with Gasteiger partial charge in [0, 0.05) is 14.2 Å². The third kappa shape index (κ3) is 3.42. The van der Waals surface area contributed by atoms with E-state index in [9.17, 15) is 13.2 Å². The largest absolute Gasteiger partial charge is 0.416 e. The van der Waals surface area contributed by atoms with Gasteiger partial charge < -0.3 is 15.2 Å². The molecule has 0 heterocycles. The molecule has 0 aliphatic heterocycles. The molecule has 0 saturated heterocycles. The standard InChI is InChI=1S/C11H14F3NO2/c1-16-10(17-2)9(15)7-4-3-5-8(6-7)11(12,13)14/h3-6,9-10H,15H2,1-2H3.